The summed E-state index contributed by atoms with van der Waals surface area (Å²) in [5.41, 5.74) is 1.03. The van der Waals surface area contributed by atoms with Crippen LogP contribution in [-0.4, -0.2) is 16.1 Å². The molecule has 2 atom stereocenters. The van der Waals surface area contributed by atoms with E-state index in [2.05, 4.69) is 29.4 Å². The molecule has 0 aliphatic heterocycles. The lowest BCUT2D eigenvalue weighted by molar-refractivity contribution is -0.117. The molecule has 0 saturated carbocycles. The first-order chi connectivity index (χ1) is 10.7. The van der Waals surface area contributed by atoms with Crippen molar-refractivity contribution in [2.45, 2.75) is 51.9 Å². The fourth-order valence-electron chi connectivity index (χ4n) is 2.49. The summed E-state index contributed by atoms with van der Waals surface area (Å²) in [5.74, 6) is 0.227. The maximum atomic E-state index is 12.5. The fourth-order valence-corrected chi connectivity index (χ4v) is 3.32. The number of nitrogens with one attached hydrogen (secondary N) is 1. The first-order valence-electron chi connectivity index (χ1n) is 7.84. The van der Waals surface area contributed by atoms with E-state index in [1.807, 2.05) is 37.3 Å². The third kappa shape index (κ3) is 4.13. The third-order valence-electron chi connectivity index (χ3n) is 3.74. The van der Waals surface area contributed by atoms with Crippen molar-refractivity contribution >= 4 is 22.4 Å². The predicted octanol–water partition coefficient (Wildman–Crippen LogP) is 4.57. The Morgan fingerprint density at radius 2 is 1.95 bits per heavy atom. The summed E-state index contributed by atoms with van der Waals surface area (Å²) in [6.45, 7) is 6.33. The highest BCUT2D eigenvalue weighted by molar-refractivity contribution is 7.15. The molecule has 1 N–H and O–H groups in total. The van der Waals surface area contributed by atoms with Crippen molar-refractivity contribution in [3.05, 3.63) is 40.9 Å². The Labute approximate surface area is 136 Å². The Balaban J connectivity index is 2.05. The van der Waals surface area contributed by atoms with Crippen LogP contribution in [0.4, 0.5) is 5.13 Å². The lowest BCUT2D eigenvalue weighted by Crippen LogP contribution is -2.20. The second-order valence-electron chi connectivity index (χ2n) is 5.50. The van der Waals surface area contributed by atoms with E-state index >= 15 is 0 Å². The Hall–Kier alpha value is -1.75. The van der Waals surface area contributed by atoms with Crippen LogP contribution in [0.1, 0.15) is 62.4 Å². The van der Waals surface area contributed by atoms with E-state index in [0.29, 0.717) is 11.0 Å². The maximum Gasteiger partial charge on any atom is 0.233 e. The van der Waals surface area contributed by atoms with Crippen molar-refractivity contribution in [1.29, 1.82) is 0 Å². The van der Waals surface area contributed by atoms with E-state index < -0.39 is 0 Å². The summed E-state index contributed by atoms with van der Waals surface area (Å²) in [6, 6.07) is 9.85. The molecule has 2 aromatic rings. The Morgan fingerprint density at radius 3 is 2.59 bits per heavy atom. The first-order valence-corrected chi connectivity index (χ1v) is 8.66. The largest absolute Gasteiger partial charge is 0.300 e. The Bertz CT molecular complexity index is 597. The van der Waals surface area contributed by atoms with Gasteiger partial charge in [-0.15, -0.1) is 10.2 Å². The van der Waals surface area contributed by atoms with Gasteiger partial charge in [0.15, 0.2) is 0 Å². The third-order valence-corrected chi connectivity index (χ3v) is 4.81. The molecule has 0 aliphatic rings. The van der Waals surface area contributed by atoms with Crippen LogP contribution in [0, 0.1) is 0 Å². The van der Waals surface area contributed by atoms with Crippen molar-refractivity contribution in [3.63, 3.8) is 0 Å². The minimum atomic E-state index is -0.151. The molecule has 5 heteroatoms. The van der Waals surface area contributed by atoms with E-state index in [1.165, 1.54) is 11.3 Å². The summed E-state index contributed by atoms with van der Waals surface area (Å²) in [5, 5.41) is 12.8. The molecule has 0 bridgehead atoms. The minimum Gasteiger partial charge on any atom is -0.300 e. The van der Waals surface area contributed by atoms with E-state index in [4.69, 9.17) is 0 Å². The minimum absolute atomic E-state index is 0.0143. The topological polar surface area (TPSA) is 54.9 Å². The normalized spacial score (nSPS) is 13.6. The number of carbonyl (C=O) groups is 1. The highest BCUT2D eigenvalue weighted by Gasteiger charge is 2.20. The van der Waals surface area contributed by atoms with Crippen molar-refractivity contribution in [2.75, 3.05) is 5.32 Å². The molecule has 0 fully saturated rings. The van der Waals surface area contributed by atoms with Gasteiger partial charge < -0.3 is 0 Å². The van der Waals surface area contributed by atoms with E-state index in [9.17, 15) is 4.79 Å². The van der Waals surface area contributed by atoms with E-state index in [0.717, 1.165) is 29.8 Å². The number of hydrogen-bond donors (Lipinski definition) is 1. The highest BCUT2D eigenvalue weighted by atomic mass is 32.1. The zero-order chi connectivity index (χ0) is 15.9. The second kappa shape index (κ2) is 8.03. The monoisotopic (exact) mass is 317 g/mol. The van der Waals surface area contributed by atoms with Crippen LogP contribution >= 0.6 is 11.3 Å². The quantitative estimate of drug-likeness (QED) is 0.813. The van der Waals surface area contributed by atoms with Gasteiger partial charge in [-0.3, -0.25) is 10.1 Å². The Kier molecular flexibility index (Phi) is 6.07. The summed E-state index contributed by atoms with van der Waals surface area (Å²) in [6.07, 6.45) is 2.96. The van der Waals surface area contributed by atoms with Gasteiger partial charge in [0.25, 0.3) is 0 Å². The van der Waals surface area contributed by atoms with Gasteiger partial charge in [-0.2, -0.15) is 0 Å². The highest BCUT2D eigenvalue weighted by Crippen LogP contribution is 2.28. The summed E-state index contributed by atoms with van der Waals surface area (Å²) in [4.78, 5) is 12.5. The summed E-state index contributed by atoms with van der Waals surface area (Å²) in [7, 11) is 0. The zero-order valence-corrected chi connectivity index (χ0v) is 14.2. The standard InChI is InChI=1S/C17H23N3OS/c1-4-9-12(3)16-19-20-17(22-16)18-15(21)14(5-2)13-10-7-6-8-11-13/h6-8,10-12,14H,4-5,9H2,1-3H3,(H,18,20,21)/t12-,14+/m0/s1. The van der Waals surface area contributed by atoms with Crippen LogP contribution in [0.5, 0.6) is 0 Å². The van der Waals surface area contributed by atoms with Gasteiger partial charge in [-0.25, -0.2) is 0 Å². The lowest BCUT2D eigenvalue weighted by atomic mass is 9.96. The molecule has 1 aromatic carbocycles. The first kappa shape index (κ1) is 16.6. The maximum absolute atomic E-state index is 12.5. The smallest absolute Gasteiger partial charge is 0.233 e. The number of aromatic nitrogens is 2. The van der Waals surface area contributed by atoms with Crippen molar-refractivity contribution in [1.82, 2.24) is 10.2 Å². The second-order valence-corrected chi connectivity index (χ2v) is 6.51. The number of amides is 1. The number of nitrogens with zero attached hydrogens (tertiary/aromatic N) is 2. The number of carbonyl (C=O) groups excluding carboxylic acids is 1. The zero-order valence-electron chi connectivity index (χ0n) is 13.4. The summed E-state index contributed by atoms with van der Waals surface area (Å²) >= 11 is 1.48. The van der Waals surface area contributed by atoms with Gasteiger partial charge in [-0.05, 0) is 18.4 Å². The predicted molar refractivity (Wildman–Crippen MR) is 91.3 cm³/mol. The molecule has 0 spiro atoms. The number of anilines is 1. The molecule has 0 saturated heterocycles. The molecule has 118 valence electrons. The van der Waals surface area contributed by atoms with Gasteiger partial charge >= 0.3 is 0 Å². The average Bonchev–Trinajstić information content (AvgIpc) is 2.98. The molecular weight excluding hydrogens is 294 g/mol. The van der Waals surface area contributed by atoms with Gasteiger partial charge in [0.2, 0.25) is 11.0 Å². The van der Waals surface area contributed by atoms with Crippen molar-refractivity contribution in [3.8, 4) is 0 Å². The summed E-state index contributed by atoms with van der Waals surface area (Å²) < 4.78 is 0. The van der Waals surface area contributed by atoms with Crippen LogP contribution in [0.3, 0.4) is 0 Å². The lowest BCUT2D eigenvalue weighted by Gasteiger charge is -2.13. The van der Waals surface area contributed by atoms with Crippen LogP contribution in [0.2, 0.25) is 0 Å². The Morgan fingerprint density at radius 1 is 1.23 bits per heavy atom. The number of benzene rings is 1. The van der Waals surface area contributed by atoms with Crippen LogP contribution in [0.15, 0.2) is 30.3 Å². The van der Waals surface area contributed by atoms with Crippen LogP contribution in [-0.2, 0) is 4.79 Å². The molecular formula is C17H23N3OS. The molecule has 1 aromatic heterocycles. The van der Waals surface area contributed by atoms with Gasteiger partial charge in [0.1, 0.15) is 5.01 Å². The van der Waals surface area contributed by atoms with E-state index in [-0.39, 0.29) is 11.8 Å². The van der Waals surface area contributed by atoms with Gasteiger partial charge in [-0.1, -0.05) is 68.9 Å². The molecule has 0 unspecified atom stereocenters. The molecule has 0 aliphatic carbocycles. The van der Waals surface area contributed by atoms with Gasteiger partial charge in [0.05, 0.1) is 5.92 Å². The fraction of sp³-hybridized carbons (Fsp3) is 0.471. The van der Waals surface area contributed by atoms with E-state index in [1.54, 1.807) is 0 Å². The molecule has 1 heterocycles. The molecule has 22 heavy (non-hydrogen) atoms. The van der Waals surface area contributed by atoms with Crippen LogP contribution in [0.25, 0.3) is 0 Å². The van der Waals surface area contributed by atoms with Crippen molar-refractivity contribution in [2.24, 2.45) is 0 Å². The average molecular weight is 317 g/mol. The number of hydrogen-bond acceptors (Lipinski definition) is 4. The molecule has 1 amide bonds. The van der Waals surface area contributed by atoms with Crippen LogP contribution < -0.4 is 5.32 Å². The number of rotatable bonds is 7. The molecule has 0 radical (unpaired) electrons. The SMILES string of the molecule is CCC[C@H](C)c1nnc(NC(=O)[C@H](CC)c2ccccc2)s1. The molecule has 2 rings (SSSR count). The molecule has 4 nitrogen and oxygen atoms in total. The van der Waals surface area contributed by atoms with Crippen molar-refractivity contribution < 1.29 is 4.79 Å². The van der Waals surface area contributed by atoms with Gasteiger partial charge in [0, 0.05) is 5.92 Å².